The molecule has 0 saturated carbocycles. The number of hydrogen-bond donors (Lipinski definition) is 0. The van der Waals surface area contributed by atoms with Gasteiger partial charge in [0.05, 0.1) is 0 Å². The van der Waals surface area contributed by atoms with E-state index in [4.69, 9.17) is 16.1 Å². The van der Waals surface area contributed by atoms with E-state index in [9.17, 15) is 4.79 Å². The minimum absolute atomic E-state index is 0.0358. The van der Waals surface area contributed by atoms with Crippen molar-refractivity contribution in [2.45, 2.75) is 33.7 Å². The van der Waals surface area contributed by atoms with E-state index in [2.05, 4.69) is 16.7 Å². The van der Waals surface area contributed by atoms with E-state index in [1.54, 1.807) is 23.1 Å². The number of nitrogens with zero attached hydrogens (tertiary/aromatic N) is 3. The van der Waals surface area contributed by atoms with Gasteiger partial charge in [-0.3, -0.25) is 4.79 Å². The zero-order valence-corrected chi connectivity index (χ0v) is 15.0. The molecule has 0 bridgehead atoms. The molecule has 5 nitrogen and oxygen atoms in total. The standard InChI is InChI=1S/C18H22ClN3O2/c1-5-10-22(16(23)11-18(2,3)4)12-15-20-17(21-24-15)13-6-8-14(19)9-7-13/h5-9H,1,10-12H2,2-4H3. The third kappa shape index (κ3) is 5.20. The highest BCUT2D eigenvalue weighted by molar-refractivity contribution is 6.30. The maximum Gasteiger partial charge on any atom is 0.246 e. The zero-order valence-electron chi connectivity index (χ0n) is 14.3. The summed E-state index contributed by atoms with van der Waals surface area (Å²) in [5.41, 5.74) is 0.727. The monoisotopic (exact) mass is 347 g/mol. The molecular formula is C18H22ClN3O2. The van der Waals surface area contributed by atoms with Crippen molar-refractivity contribution < 1.29 is 9.32 Å². The van der Waals surface area contributed by atoms with Gasteiger partial charge >= 0.3 is 0 Å². The lowest BCUT2D eigenvalue weighted by Gasteiger charge is -2.24. The lowest BCUT2D eigenvalue weighted by atomic mass is 9.91. The Balaban J connectivity index is 2.11. The summed E-state index contributed by atoms with van der Waals surface area (Å²) < 4.78 is 5.28. The molecule has 0 aliphatic rings. The van der Waals surface area contributed by atoms with Crippen LogP contribution in [-0.2, 0) is 11.3 Å². The molecule has 1 aromatic carbocycles. The molecule has 1 amide bonds. The highest BCUT2D eigenvalue weighted by Crippen LogP contribution is 2.22. The number of benzene rings is 1. The third-order valence-electron chi connectivity index (χ3n) is 3.28. The number of amides is 1. The Morgan fingerprint density at radius 3 is 2.58 bits per heavy atom. The number of carbonyl (C=O) groups is 1. The van der Waals surface area contributed by atoms with Gasteiger partial charge in [0.15, 0.2) is 0 Å². The molecule has 128 valence electrons. The van der Waals surface area contributed by atoms with Crippen LogP contribution in [0.5, 0.6) is 0 Å². The van der Waals surface area contributed by atoms with Crippen molar-refractivity contribution in [2.24, 2.45) is 5.41 Å². The molecule has 24 heavy (non-hydrogen) atoms. The van der Waals surface area contributed by atoms with Crippen LogP contribution >= 0.6 is 11.6 Å². The summed E-state index contributed by atoms with van der Waals surface area (Å²) in [6.45, 7) is 10.5. The van der Waals surface area contributed by atoms with E-state index in [0.717, 1.165) is 5.56 Å². The molecule has 0 saturated heterocycles. The van der Waals surface area contributed by atoms with Crippen molar-refractivity contribution in [1.29, 1.82) is 0 Å². The first-order valence-corrected chi connectivity index (χ1v) is 8.13. The lowest BCUT2D eigenvalue weighted by molar-refractivity contribution is -0.133. The molecule has 1 heterocycles. The van der Waals surface area contributed by atoms with Crippen LogP contribution < -0.4 is 0 Å². The Labute approximate surface area is 147 Å². The number of hydrogen-bond acceptors (Lipinski definition) is 4. The molecule has 6 heteroatoms. The maximum atomic E-state index is 12.4. The predicted molar refractivity (Wildman–Crippen MR) is 94.4 cm³/mol. The Morgan fingerprint density at radius 1 is 1.33 bits per heavy atom. The number of rotatable bonds is 6. The summed E-state index contributed by atoms with van der Waals surface area (Å²) in [5, 5.41) is 4.62. The van der Waals surface area contributed by atoms with Crippen LogP contribution in [0.25, 0.3) is 11.4 Å². The first-order chi connectivity index (χ1) is 11.3. The van der Waals surface area contributed by atoms with E-state index in [1.165, 1.54) is 0 Å². The van der Waals surface area contributed by atoms with Gasteiger partial charge in [0.25, 0.3) is 0 Å². The molecule has 0 aliphatic carbocycles. The summed E-state index contributed by atoms with van der Waals surface area (Å²) in [6, 6.07) is 7.18. The molecular weight excluding hydrogens is 326 g/mol. The summed E-state index contributed by atoms with van der Waals surface area (Å²) in [4.78, 5) is 18.5. The minimum atomic E-state index is -0.0835. The van der Waals surface area contributed by atoms with Crippen LogP contribution in [0.1, 0.15) is 33.1 Å². The van der Waals surface area contributed by atoms with E-state index in [0.29, 0.717) is 29.7 Å². The highest BCUT2D eigenvalue weighted by Gasteiger charge is 2.22. The third-order valence-corrected chi connectivity index (χ3v) is 3.53. The van der Waals surface area contributed by atoms with Gasteiger partial charge in [-0.1, -0.05) is 43.6 Å². The first-order valence-electron chi connectivity index (χ1n) is 7.76. The summed E-state index contributed by atoms with van der Waals surface area (Å²) in [7, 11) is 0. The Morgan fingerprint density at radius 2 is 2.00 bits per heavy atom. The van der Waals surface area contributed by atoms with Crippen molar-refractivity contribution in [2.75, 3.05) is 6.54 Å². The van der Waals surface area contributed by atoms with E-state index < -0.39 is 0 Å². The Bertz CT molecular complexity index is 702. The number of carbonyl (C=O) groups excluding carboxylic acids is 1. The van der Waals surface area contributed by atoms with E-state index in [1.807, 2.05) is 32.9 Å². The van der Waals surface area contributed by atoms with Gasteiger partial charge in [0.2, 0.25) is 17.6 Å². The Hall–Kier alpha value is -2.14. The fraction of sp³-hybridized carbons (Fsp3) is 0.389. The SMILES string of the molecule is C=CCN(Cc1nc(-c2ccc(Cl)cc2)no1)C(=O)CC(C)(C)C. The average Bonchev–Trinajstić information content (AvgIpc) is 2.94. The fourth-order valence-corrected chi connectivity index (χ4v) is 2.30. The van der Waals surface area contributed by atoms with Gasteiger partial charge in [0.1, 0.15) is 6.54 Å². The number of aromatic nitrogens is 2. The molecule has 0 atom stereocenters. The van der Waals surface area contributed by atoms with Gasteiger partial charge in [0, 0.05) is 23.6 Å². The topological polar surface area (TPSA) is 59.2 Å². The molecule has 0 radical (unpaired) electrons. The molecule has 0 fully saturated rings. The quantitative estimate of drug-likeness (QED) is 0.729. The summed E-state index contributed by atoms with van der Waals surface area (Å²) >= 11 is 5.88. The van der Waals surface area contributed by atoms with Crippen molar-refractivity contribution in [1.82, 2.24) is 15.0 Å². The molecule has 0 aliphatic heterocycles. The van der Waals surface area contributed by atoms with Crippen molar-refractivity contribution in [3.63, 3.8) is 0 Å². The smallest absolute Gasteiger partial charge is 0.246 e. The zero-order chi connectivity index (χ0) is 17.7. The number of halogens is 1. The second-order valence-corrected chi connectivity index (χ2v) is 7.26. The molecule has 0 unspecified atom stereocenters. The van der Waals surface area contributed by atoms with Gasteiger partial charge in [-0.2, -0.15) is 4.98 Å². The fourth-order valence-electron chi connectivity index (χ4n) is 2.17. The van der Waals surface area contributed by atoms with Crippen LogP contribution in [0.3, 0.4) is 0 Å². The minimum Gasteiger partial charge on any atom is -0.337 e. The second-order valence-electron chi connectivity index (χ2n) is 6.82. The molecule has 2 aromatic rings. The van der Waals surface area contributed by atoms with Crippen LogP contribution in [0.15, 0.2) is 41.4 Å². The van der Waals surface area contributed by atoms with Gasteiger partial charge in [-0.25, -0.2) is 0 Å². The van der Waals surface area contributed by atoms with E-state index >= 15 is 0 Å². The lowest BCUT2D eigenvalue weighted by Crippen LogP contribution is -2.33. The molecule has 2 rings (SSSR count). The highest BCUT2D eigenvalue weighted by atomic mass is 35.5. The second kappa shape index (κ2) is 7.62. The van der Waals surface area contributed by atoms with Crippen LogP contribution in [-0.4, -0.2) is 27.5 Å². The van der Waals surface area contributed by atoms with Crippen molar-refractivity contribution >= 4 is 17.5 Å². The normalized spacial score (nSPS) is 11.3. The average molecular weight is 348 g/mol. The van der Waals surface area contributed by atoms with Crippen molar-refractivity contribution in [3.05, 3.63) is 47.8 Å². The van der Waals surface area contributed by atoms with Gasteiger partial charge in [-0.15, -0.1) is 6.58 Å². The van der Waals surface area contributed by atoms with Crippen molar-refractivity contribution in [3.8, 4) is 11.4 Å². The van der Waals surface area contributed by atoms with Gasteiger partial charge in [-0.05, 0) is 29.7 Å². The predicted octanol–water partition coefficient (Wildman–Crippen LogP) is 4.34. The van der Waals surface area contributed by atoms with Crippen LogP contribution in [0.4, 0.5) is 0 Å². The van der Waals surface area contributed by atoms with Crippen LogP contribution in [0.2, 0.25) is 5.02 Å². The van der Waals surface area contributed by atoms with E-state index in [-0.39, 0.29) is 17.9 Å². The summed E-state index contributed by atoms with van der Waals surface area (Å²) in [5.74, 6) is 0.904. The summed E-state index contributed by atoms with van der Waals surface area (Å²) in [6.07, 6.45) is 2.13. The van der Waals surface area contributed by atoms with Gasteiger partial charge < -0.3 is 9.42 Å². The Kier molecular flexibility index (Phi) is 5.78. The maximum absolute atomic E-state index is 12.4. The van der Waals surface area contributed by atoms with Crippen LogP contribution in [0, 0.1) is 5.41 Å². The molecule has 1 aromatic heterocycles. The molecule has 0 spiro atoms. The first kappa shape index (κ1) is 18.2. The largest absolute Gasteiger partial charge is 0.337 e. The molecule has 0 N–H and O–H groups in total.